The maximum Gasteiger partial charge on any atom is 0.410 e. The molecule has 1 saturated heterocycles. The van der Waals surface area contributed by atoms with E-state index in [1.165, 1.54) is 37.8 Å². The lowest BCUT2D eigenvalue weighted by atomic mass is 10.1. The van der Waals surface area contributed by atoms with E-state index in [0.717, 1.165) is 0 Å². The first-order chi connectivity index (χ1) is 19.0. The van der Waals surface area contributed by atoms with Crippen LogP contribution in [0.5, 0.6) is 11.5 Å². The SMILES string of the molecule is CNC(=O)c1cc(Oc2ccc(-c3nn(C4CCN(C(=O)OC(C)(C)C)C4)c4ncnc(N)c34)c(F)c2)ccn1. The van der Waals surface area contributed by atoms with Gasteiger partial charge in [-0.25, -0.2) is 23.8 Å². The molecule has 1 atom stereocenters. The van der Waals surface area contributed by atoms with Crippen molar-refractivity contribution in [1.82, 2.24) is 34.9 Å². The van der Waals surface area contributed by atoms with Crippen LogP contribution in [0.25, 0.3) is 22.3 Å². The Balaban J connectivity index is 1.44. The van der Waals surface area contributed by atoms with Crippen molar-refractivity contribution in [2.24, 2.45) is 0 Å². The van der Waals surface area contributed by atoms with E-state index >= 15 is 4.39 Å². The van der Waals surface area contributed by atoms with E-state index in [4.69, 9.17) is 20.3 Å². The van der Waals surface area contributed by atoms with Crippen LogP contribution in [0.15, 0.2) is 42.9 Å². The van der Waals surface area contributed by atoms with Crippen LogP contribution >= 0.6 is 0 Å². The molecule has 40 heavy (non-hydrogen) atoms. The molecule has 0 spiro atoms. The summed E-state index contributed by atoms with van der Waals surface area (Å²) in [6, 6.07) is 7.15. The van der Waals surface area contributed by atoms with Crippen LogP contribution in [0.4, 0.5) is 15.0 Å². The number of halogens is 1. The molecule has 3 N–H and O–H groups in total. The third-order valence-corrected chi connectivity index (χ3v) is 6.30. The lowest BCUT2D eigenvalue weighted by Crippen LogP contribution is -2.35. The fraction of sp³-hybridized carbons (Fsp3) is 0.333. The first-order valence-electron chi connectivity index (χ1n) is 12.7. The topological polar surface area (TPSA) is 150 Å². The van der Waals surface area contributed by atoms with Crippen molar-refractivity contribution in [3.63, 3.8) is 0 Å². The standard InChI is InChI=1S/C27H29FN8O4/c1-27(2,3)40-26(38)35-10-8-15(13-35)36-24-21(23(29)32-14-33-24)22(34-36)18-6-5-16(11-19(18)28)39-17-7-9-31-20(12-17)25(37)30-4/h5-7,9,11-12,14-15H,8,10,13H2,1-4H3,(H,30,37)(H2,29,32,33). The quantitative estimate of drug-likeness (QED) is 0.378. The summed E-state index contributed by atoms with van der Waals surface area (Å²) < 4.78 is 28.5. The highest BCUT2D eigenvalue weighted by atomic mass is 19.1. The Morgan fingerprint density at radius 3 is 2.62 bits per heavy atom. The highest BCUT2D eigenvalue weighted by Crippen LogP contribution is 2.36. The Morgan fingerprint density at radius 2 is 1.90 bits per heavy atom. The summed E-state index contributed by atoms with van der Waals surface area (Å²) in [5.41, 5.74) is 6.66. The number of carbonyl (C=O) groups is 2. The number of ether oxygens (including phenoxy) is 2. The van der Waals surface area contributed by atoms with Gasteiger partial charge in [-0.15, -0.1) is 0 Å². The van der Waals surface area contributed by atoms with Gasteiger partial charge in [0.05, 0.1) is 11.4 Å². The van der Waals surface area contributed by atoms with Gasteiger partial charge in [-0.2, -0.15) is 5.10 Å². The number of hydrogen-bond acceptors (Lipinski definition) is 9. The molecule has 0 radical (unpaired) electrons. The number of aromatic nitrogens is 5. The molecule has 1 unspecified atom stereocenters. The number of nitrogens with zero attached hydrogens (tertiary/aromatic N) is 6. The first kappa shape index (κ1) is 26.8. The zero-order valence-corrected chi connectivity index (χ0v) is 22.5. The molecule has 4 heterocycles. The molecule has 1 fully saturated rings. The van der Waals surface area contributed by atoms with Gasteiger partial charge in [0.2, 0.25) is 0 Å². The van der Waals surface area contributed by atoms with E-state index in [9.17, 15) is 9.59 Å². The number of nitrogens with one attached hydrogen (secondary N) is 1. The van der Waals surface area contributed by atoms with Gasteiger partial charge in [0.25, 0.3) is 5.91 Å². The number of fused-ring (bicyclic) bond motifs is 1. The van der Waals surface area contributed by atoms with Crippen molar-refractivity contribution in [1.29, 1.82) is 0 Å². The van der Waals surface area contributed by atoms with Crippen LogP contribution in [0, 0.1) is 5.82 Å². The number of anilines is 1. The van der Waals surface area contributed by atoms with Crippen LogP contribution in [0.3, 0.4) is 0 Å². The molecule has 208 valence electrons. The molecule has 12 nitrogen and oxygen atoms in total. The second-order valence-corrected chi connectivity index (χ2v) is 10.3. The van der Waals surface area contributed by atoms with E-state index in [-0.39, 0.29) is 40.5 Å². The molecule has 5 rings (SSSR count). The second kappa shape index (κ2) is 10.4. The second-order valence-electron chi connectivity index (χ2n) is 10.3. The van der Waals surface area contributed by atoms with Crippen molar-refractivity contribution in [2.45, 2.75) is 38.8 Å². The maximum absolute atomic E-state index is 15.5. The lowest BCUT2D eigenvalue weighted by molar-refractivity contribution is 0.0288. The van der Waals surface area contributed by atoms with Gasteiger partial charge in [-0.3, -0.25) is 9.78 Å². The van der Waals surface area contributed by atoms with Gasteiger partial charge in [0.1, 0.15) is 46.5 Å². The Bertz CT molecular complexity index is 1600. The van der Waals surface area contributed by atoms with Gasteiger partial charge in [-0.05, 0) is 45.4 Å². The zero-order chi connectivity index (χ0) is 28.6. The van der Waals surface area contributed by atoms with Crippen molar-refractivity contribution in [2.75, 3.05) is 25.9 Å². The molecule has 0 bridgehead atoms. The summed E-state index contributed by atoms with van der Waals surface area (Å²) >= 11 is 0. The van der Waals surface area contributed by atoms with Crippen LogP contribution in [0.1, 0.15) is 43.7 Å². The molecular weight excluding hydrogens is 519 g/mol. The molecule has 2 amide bonds. The van der Waals surface area contributed by atoms with Crippen LogP contribution in [-0.4, -0.2) is 67.4 Å². The van der Waals surface area contributed by atoms with Crippen molar-refractivity contribution in [3.8, 4) is 22.8 Å². The summed E-state index contributed by atoms with van der Waals surface area (Å²) in [7, 11) is 1.50. The smallest absolute Gasteiger partial charge is 0.410 e. The first-order valence-corrected chi connectivity index (χ1v) is 12.7. The number of carbonyl (C=O) groups excluding carboxylic acids is 2. The van der Waals surface area contributed by atoms with Gasteiger partial charge in [-0.1, -0.05) is 0 Å². The van der Waals surface area contributed by atoms with E-state index < -0.39 is 17.5 Å². The molecular formula is C27H29FN8O4. The molecule has 4 aromatic rings. The summed E-state index contributed by atoms with van der Waals surface area (Å²) in [6.07, 6.45) is 2.96. The minimum atomic E-state index is -0.611. The normalized spacial score (nSPS) is 15.3. The number of hydrogen-bond donors (Lipinski definition) is 2. The number of nitrogens with two attached hydrogens (primary N) is 1. The number of amides is 2. The summed E-state index contributed by atoms with van der Waals surface area (Å²) in [5, 5.41) is 7.61. The van der Waals surface area contributed by atoms with Crippen molar-refractivity contribution < 1.29 is 23.5 Å². The number of rotatable bonds is 5. The Labute approximate surface area is 229 Å². The van der Waals surface area contributed by atoms with Gasteiger partial charge in [0, 0.05) is 44.0 Å². The van der Waals surface area contributed by atoms with Crippen molar-refractivity contribution >= 4 is 28.9 Å². The third-order valence-electron chi connectivity index (χ3n) is 6.30. The van der Waals surface area contributed by atoms with Gasteiger partial charge in [0.15, 0.2) is 5.65 Å². The van der Waals surface area contributed by atoms with Gasteiger partial charge >= 0.3 is 6.09 Å². The Morgan fingerprint density at radius 1 is 1.12 bits per heavy atom. The highest BCUT2D eigenvalue weighted by molar-refractivity contribution is 5.98. The third kappa shape index (κ3) is 5.35. The van der Waals surface area contributed by atoms with Crippen molar-refractivity contribution in [3.05, 3.63) is 54.4 Å². The summed E-state index contributed by atoms with van der Waals surface area (Å²) in [5.74, 6) is -0.275. The molecule has 3 aromatic heterocycles. The molecule has 1 aromatic carbocycles. The Kier molecular flexibility index (Phi) is 6.96. The molecule has 0 saturated carbocycles. The van der Waals surface area contributed by atoms with E-state index in [2.05, 4.69) is 20.3 Å². The maximum atomic E-state index is 15.5. The largest absolute Gasteiger partial charge is 0.457 e. The number of benzene rings is 1. The molecule has 1 aliphatic rings. The average molecular weight is 549 g/mol. The fourth-order valence-electron chi connectivity index (χ4n) is 4.49. The Hall–Kier alpha value is -4.81. The predicted molar refractivity (Wildman–Crippen MR) is 144 cm³/mol. The number of nitrogen functional groups attached to an aromatic ring is 1. The highest BCUT2D eigenvalue weighted by Gasteiger charge is 2.33. The van der Waals surface area contributed by atoms with Crippen LogP contribution in [0.2, 0.25) is 0 Å². The fourth-order valence-corrected chi connectivity index (χ4v) is 4.49. The van der Waals surface area contributed by atoms with Crippen LogP contribution < -0.4 is 15.8 Å². The van der Waals surface area contributed by atoms with E-state index in [1.807, 2.05) is 20.8 Å². The predicted octanol–water partition coefficient (Wildman–Crippen LogP) is 3.94. The monoisotopic (exact) mass is 548 g/mol. The molecule has 1 aliphatic heterocycles. The van der Waals surface area contributed by atoms with E-state index in [0.29, 0.717) is 36.3 Å². The minimum absolute atomic E-state index is 0.159. The average Bonchev–Trinajstić information content (AvgIpc) is 3.54. The van der Waals surface area contributed by atoms with Crippen LogP contribution in [-0.2, 0) is 4.74 Å². The lowest BCUT2D eigenvalue weighted by Gasteiger charge is -2.24. The zero-order valence-electron chi connectivity index (χ0n) is 22.5. The molecule has 13 heteroatoms. The van der Waals surface area contributed by atoms with Gasteiger partial charge < -0.3 is 25.4 Å². The summed E-state index contributed by atoms with van der Waals surface area (Å²) in [6.45, 7) is 6.28. The molecule has 0 aliphatic carbocycles. The summed E-state index contributed by atoms with van der Waals surface area (Å²) in [4.78, 5) is 38.6. The van der Waals surface area contributed by atoms with E-state index in [1.54, 1.807) is 21.7 Å². The number of pyridine rings is 1. The minimum Gasteiger partial charge on any atom is -0.457 e. The number of likely N-dealkylation sites (tertiary alicyclic amines) is 1.